The van der Waals surface area contributed by atoms with Crippen molar-refractivity contribution in [3.05, 3.63) is 87.5 Å². The molecule has 0 radical (unpaired) electrons. The number of aliphatic imine (C=N–C) groups is 2. The van der Waals surface area contributed by atoms with Crippen molar-refractivity contribution in [3.63, 3.8) is 0 Å². The van der Waals surface area contributed by atoms with Crippen LogP contribution in [0.15, 0.2) is 63.4 Å². The molecule has 6 heteroatoms. The van der Waals surface area contributed by atoms with Crippen molar-refractivity contribution in [3.8, 4) is 23.3 Å². The van der Waals surface area contributed by atoms with Gasteiger partial charge >= 0.3 is 0 Å². The van der Waals surface area contributed by atoms with Gasteiger partial charge in [-0.2, -0.15) is 0 Å². The molecule has 3 aromatic carbocycles. The molecule has 1 fully saturated rings. The SMILES string of the molecule is CC(=O)Sc1ccc(C#Cc2cc(C=N[C@@H]3CCCC[C@H]3N=Cc3cc(C(C)(C)C)cc(C(C)(C)C)c3O)c(O)c(C(C)(C)C)c2)cc1. The van der Waals surface area contributed by atoms with Gasteiger partial charge in [-0.05, 0) is 77.1 Å². The van der Waals surface area contributed by atoms with Crippen LogP contribution in [0, 0.1) is 11.8 Å². The Kier molecular flexibility index (Phi) is 11.4. The number of phenolic OH excluding ortho intramolecular Hbond substituents is 2. The highest BCUT2D eigenvalue weighted by Crippen LogP contribution is 2.38. The first kappa shape index (κ1) is 37.0. The van der Waals surface area contributed by atoms with E-state index in [9.17, 15) is 15.0 Å². The highest BCUT2D eigenvalue weighted by Gasteiger charge is 2.27. The zero-order valence-corrected chi connectivity index (χ0v) is 31.2. The van der Waals surface area contributed by atoms with E-state index in [1.54, 1.807) is 13.1 Å². The molecule has 0 spiro atoms. The molecule has 3 aromatic rings. The van der Waals surface area contributed by atoms with Gasteiger partial charge in [0.15, 0.2) is 5.12 Å². The topological polar surface area (TPSA) is 82.2 Å². The highest BCUT2D eigenvalue weighted by atomic mass is 32.2. The van der Waals surface area contributed by atoms with Crippen molar-refractivity contribution < 1.29 is 15.0 Å². The predicted octanol–water partition coefficient (Wildman–Crippen LogP) is 9.88. The first-order chi connectivity index (χ1) is 22.3. The van der Waals surface area contributed by atoms with Crippen LogP contribution in [0.4, 0.5) is 0 Å². The summed E-state index contributed by atoms with van der Waals surface area (Å²) in [6.45, 7) is 20.7. The number of nitrogens with zero attached hydrogens (tertiary/aromatic N) is 2. The molecule has 2 N–H and O–H groups in total. The Hall–Kier alpha value is -3.82. The Bertz CT molecular complexity index is 1750. The van der Waals surface area contributed by atoms with E-state index in [2.05, 4.69) is 86.3 Å². The average Bonchev–Trinajstić information content (AvgIpc) is 2.98. The van der Waals surface area contributed by atoms with Crippen LogP contribution in [0.3, 0.4) is 0 Å². The lowest BCUT2D eigenvalue weighted by molar-refractivity contribution is -0.109. The van der Waals surface area contributed by atoms with Crippen LogP contribution >= 0.6 is 11.8 Å². The van der Waals surface area contributed by atoms with Crippen molar-refractivity contribution >= 4 is 29.3 Å². The molecule has 254 valence electrons. The summed E-state index contributed by atoms with van der Waals surface area (Å²) < 4.78 is 0. The summed E-state index contributed by atoms with van der Waals surface area (Å²) in [5, 5.41) is 22.7. The molecule has 1 aliphatic rings. The molecule has 0 aliphatic heterocycles. The molecule has 0 bridgehead atoms. The first-order valence-corrected chi connectivity index (χ1v) is 17.8. The van der Waals surface area contributed by atoms with E-state index in [0.29, 0.717) is 11.3 Å². The summed E-state index contributed by atoms with van der Waals surface area (Å²) in [5.41, 5.74) is 5.34. The third-order valence-corrected chi connectivity index (χ3v) is 9.53. The van der Waals surface area contributed by atoms with Crippen molar-refractivity contribution in [2.45, 2.75) is 128 Å². The molecule has 48 heavy (non-hydrogen) atoms. The van der Waals surface area contributed by atoms with Gasteiger partial charge in [0.05, 0.1) is 12.1 Å². The van der Waals surface area contributed by atoms with E-state index in [-0.39, 0.29) is 39.2 Å². The number of phenols is 2. The lowest BCUT2D eigenvalue weighted by Gasteiger charge is -2.28. The van der Waals surface area contributed by atoms with Gasteiger partial charge in [0, 0.05) is 57.6 Å². The lowest BCUT2D eigenvalue weighted by Crippen LogP contribution is -2.27. The van der Waals surface area contributed by atoms with Gasteiger partial charge < -0.3 is 10.2 Å². The monoisotopic (exact) mass is 664 g/mol. The van der Waals surface area contributed by atoms with Gasteiger partial charge in [-0.1, -0.05) is 105 Å². The number of rotatable bonds is 5. The molecular weight excluding hydrogens is 613 g/mol. The van der Waals surface area contributed by atoms with Gasteiger partial charge in [-0.15, -0.1) is 0 Å². The van der Waals surface area contributed by atoms with Gasteiger partial charge in [0.2, 0.25) is 0 Å². The van der Waals surface area contributed by atoms with Gasteiger partial charge in [0.25, 0.3) is 0 Å². The van der Waals surface area contributed by atoms with Crippen molar-refractivity contribution in [1.29, 1.82) is 0 Å². The maximum absolute atomic E-state index is 11.4. The maximum atomic E-state index is 11.4. The Labute approximate surface area is 292 Å². The summed E-state index contributed by atoms with van der Waals surface area (Å²) in [6, 6.07) is 15.6. The summed E-state index contributed by atoms with van der Waals surface area (Å²) in [7, 11) is 0. The molecule has 0 amide bonds. The first-order valence-electron chi connectivity index (χ1n) is 17.0. The molecule has 2 atom stereocenters. The Morgan fingerprint density at radius 2 is 1.19 bits per heavy atom. The van der Waals surface area contributed by atoms with E-state index in [1.165, 1.54) is 17.3 Å². The van der Waals surface area contributed by atoms with Crippen LogP contribution in [0.25, 0.3) is 0 Å². The van der Waals surface area contributed by atoms with Crippen molar-refractivity contribution in [2.24, 2.45) is 9.98 Å². The van der Waals surface area contributed by atoms with E-state index in [0.717, 1.165) is 58.4 Å². The summed E-state index contributed by atoms with van der Waals surface area (Å²) in [5.74, 6) is 7.02. The van der Waals surface area contributed by atoms with E-state index in [1.807, 2.05) is 42.6 Å². The zero-order chi connectivity index (χ0) is 35.4. The van der Waals surface area contributed by atoms with E-state index in [4.69, 9.17) is 9.98 Å². The number of carbonyl (C=O) groups is 1. The Balaban J connectivity index is 1.66. The average molecular weight is 665 g/mol. The molecule has 4 rings (SSSR count). The number of hydrogen-bond acceptors (Lipinski definition) is 6. The lowest BCUT2D eigenvalue weighted by atomic mass is 9.79. The highest BCUT2D eigenvalue weighted by molar-refractivity contribution is 8.13. The van der Waals surface area contributed by atoms with Crippen molar-refractivity contribution in [2.75, 3.05) is 0 Å². The second-order valence-electron chi connectivity index (χ2n) is 16.0. The van der Waals surface area contributed by atoms with Gasteiger partial charge in [-0.25, -0.2) is 0 Å². The number of thioether (sulfide) groups is 1. The minimum absolute atomic E-state index is 0.0258. The van der Waals surface area contributed by atoms with Gasteiger partial charge in [-0.3, -0.25) is 14.8 Å². The van der Waals surface area contributed by atoms with Crippen LogP contribution in [0.5, 0.6) is 11.5 Å². The molecule has 0 saturated heterocycles. The molecule has 0 heterocycles. The third kappa shape index (κ3) is 9.63. The molecule has 0 aromatic heterocycles. The maximum Gasteiger partial charge on any atom is 0.190 e. The smallest absolute Gasteiger partial charge is 0.190 e. The fraction of sp³-hybridized carbons (Fsp3) is 0.452. The third-order valence-electron chi connectivity index (χ3n) is 8.73. The number of benzene rings is 3. The van der Waals surface area contributed by atoms with Crippen LogP contribution in [0.1, 0.15) is 134 Å². The number of carbonyl (C=O) groups excluding carboxylic acids is 1. The summed E-state index contributed by atoms with van der Waals surface area (Å²) in [4.78, 5) is 22.4. The van der Waals surface area contributed by atoms with Crippen LogP contribution < -0.4 is 0 Å². The fourth-order valence-electron chi connectivity index (χ4n) is 5.87. The number of aromatic hydroxyl groups is 2. The van der Waals surface area contributed by atoms with E-state index < -0.39 is 0 Å². The second-order valence-corrected chi connectivity index (χ2v) is 17.3. The molecule has 1 saturated carbocycles. The molecular formula is C42H52N2O3S. The normalized spacial score (nSPS) is 17.5. The molecule has 5 nitrogen and oxygen atoms in total. The van der Waals surface area contributed by atoms with Crippen molar-refractivity contribution in [1.82, 2.24) is 0 Å². The minimum atomic E-state index is -0.302. The number of hydrogen-bond donors (Lipinski definition) is 2. The predicted molar refractivity (Wildman–Crippen MR) is 203 cm³/mol. The minimum Gasteiger partial charge on any atom is -0.507 e. The summed E-state index contributed by atoms with van der Waals surface area (Å²) >= 11 is 1.20. The molecule has 0 unspecified atom stereocenters. The van der Waals surface area contributed by atoms with Gasteiger partial charge in [0.1, 0.15) is 11.5 Å². The van der Waals surface area contributed by atoms with Crippen LogP contribution in [-0.2, 0) is 21.0 Å². The van der Waals surface area contributed by atoms with Crippen LogP contribution in [0.2, 0.25) is 0 Å². The standard InChI is InChI=1S/C42H52N2O3S/c1-27(45)48-33-19-17-28(18-20-33)15-16-29-21-30(38(46)34(22-29)41(5,6)7)25-43-36-13-11-12-14-37(36)44-26-31-23-32(40(2,3)4)24-35(39(31)47)42(8,9)10/h17-26,36-37,46-47H,11-14H2,1-10H3/t36-,37-/m1/s1. The Morgan fingerprint density at radius 3 is 1.67 bits per heavy atom. The largest absolute Gasteiger partial charge is 0.507 e. The second kappa shape index (κ2) is 14.7. The zero-order valence-electron chi connectivity index (χ0n) is 30.4. The van der Waals surface area contributed by atoms with E-state index >= 15 is 0 Å². The fourth-order valence-corrected chi connectivity index (χ4v) is 6.47. The van der Waals surface area contributed by atoms with Crippen LogP contribution in [-0.4, -0.2) is 39.8 Å². The summed E-state index contributed by atoms with van der Waals surface area (Å²) in [6.07, 6.45) is 7.60. The molecule has 1 aliphatic carbocycles. The Morgan fingerprint density at radius 1 is 0.708 bits per heavy atom. The quantitative estimate of drug-likeness (QED) is 0.162.